The van der Waals surface area contributed by atoms with Gasteiger partial charge < -0.3 is 4.90 Å². The summed E-state index contributed by atoms with van der Waals surface area (Å²) in [5.41, 5.74) is 0. The second kappa shape index (κ2) is 6.12. The lowest BCUT2D eigenvalue weighted by molar-refractivity contribution is -0.0153. The fourth-order valence-electron chi connectivity index (χ4n) is 1.72. The van der Waals surface area contributed by atoms with E-state index in [2.05, 4.69) is 19.7 Å². The third-order valence-corrected chi connectivity index (χ3v) is 2.45. The number of amides is 2. The van der Waals surface area contributed by atoms with E-state index in [-0.39, 0.29) is 6.03 Å². The van der Waals surface area contributed by atoms with Crippen molar-refractivity contribution in [2.45, 2.75) is 0 Å². The normalized spacial score (nSPS) is 17.4. The number of nitrogens with zero attached hydrogens (tertiary/aromatic N) is 3. The maximum atomic E-state index is 12.1. The summed E-state index contributed by atoms with van der Waals surface area (Å²) in [6.45, 7) is 14.4. The van der Waals surface area contributed by atoms with Crippen LogP contribution in [0, 0.1) is 0 Å². The Morgan fingerprint density at radius 3 is 2.19 bits per heavy atom. The van der Waals surface area contributed by atoms with Gasteiger partial charge in [-0.15, -0.1) is 19.7 Å². The van der Waals surface area contributed by atoms with Gasteiger partial charge in [-0.1, -0.05) is 18.2 Å². The molecule has 0 N–H and O–H groups in total. The van der Waals surface area contributed by atoms with Crippen molar-refractivity contribution in [3.63, 3.8) is 0 Å². The van der Waals surface area contributed by atoms with Crippen LogP contribution in [0.25, 0.3) is 0 Å². The molecule has 1 aliphatic rings. The van der Waals surface area contributed by atoms with E-state index in [0.29, 0.717) is 19.6 Å². The van der Waals surface area contributed by atoms with Gasteiger partial charge in [-0.25, -0.2) is 9.80 Å². The number of hydrogen-bond donors (Lipinski definition) is 0. The molecule has 0 spiro atoms. The Labute approximate surface area is 97.1 Å². The van der Waals surface area contributed by atoms with Gasteiger partial charge in [-0.3, -0.25) is 5.01 Å². The SMILES string of the molecule is C=CCN1CCN(CC=C)N(CC=C)C1=O. The first-order chi connectivity index (χ1) is 7.74. The van der Waals surface area contributed by atoms with Crippen LogP contribution in [-0.4, -0.2) is 53.7 Å². The number of carbonyl (C=O) groups excluding carboxylic acids is 1. The van der Waals surface area contributed by atoms with Crippen LogP contribution in [0.15, 0.2) is 38.0 Å². The summed E-state index contributed by atoms with van der Waals surface area (Å²) in [5, 5.41) is 3.68. The minimum absolute atomic E-state index is 0.00731. The van der Waals surface area contributed by atoms with Gasteiger partial charge in [0.1, 0.15) is 0 Å². The van der Waals surface area contributed by atoms with E-state index in [9.17, 15) is 4.79 Å². The van der Waals surface area contributed by atoms with E-state index in [0.717, 1.165) is 13.1 Å². The minimum atomic E-state index is 0.00731. The zero-order valence-corrected chi connectivity index (χ0v) is 9.64. The molecule has 16 heavy (non-hydrogen) atoms. The summed E-state index contributed by atoms with van der Waals surface area (Å²) >= 11 is 0. The molecule has 0 aliphatic carbocycles. The Morgan fingerprint density at radius 2 is 1.62 bits per heavy atom. The molecule has 0 radical (unpaired) electrons. The van der Waals surface area contributed by atoms with E-state index in [1.165, 1.54) is 0 Å². The number of urea groups is 1. The molecule has 1 aliphatic heterocycles. The Kier molecular flexibility index (Phi) is 4.79. The molecule has 0 atom stereocenters. The predicted molar refractivity (Wildman–Crippen MR) is 65.8 cm³/mol. The fraction of sp³-hybridized carbons (Fsp3) is 0.417. The van der Waals surface area contributed by atoms with Crippen molar-refractivity contribution >= 4 is 6.03 Å². The van der Waals surface area contributed by atoms with E-state index < -0.39 is 0 Å². The minimum Gasteiger partial charge on any atom is -0.318 e. The summed E-state index contributed by atoms with van der Waals surface area (Å²) in [6, 6.07) is 0.00731. The molecule has 1 rings (SSSR count). The van der Waals surface area contributed by atoms with Gasteiger partial charge in [0.05, 0.1) is 6.54 Å². The molecule has 0 unspecified atom stereocenters. The summed E-state index contributed by atoms with van der Waals surface area (Å²) in [6.07, 6.45) is 5.27. The number of carbonyl (C=O) groups is 1. The molecule has 1 heterocycles. The van der Waals surface area contributed by atoms with Gasteiger partial charge >= 0.3 is 6.03 Å². The third kappa shape index (κ3) is 2.73. The lowest BCUT2D eigenvalue weighted by Crippen LogP contribution is -2.59. The van der Waals surface area contributed by atoms with E-state index >= 15 is 0 Å². The van der Waals surface area contributed by atoms with Crippen molar-refractivity contribution in [1.82, 2.24) is 14.9 Å². The highest BCUT2D eigenvalue weighted by Gasteiger charge is 2.29. The largest absolute Gasteiger partial charge is 0.335 e. The van der Waals surface area contributed by atoms with Gasteiger partial charge in [0.2, 0.25) is 0 Å². The van der Waals surface area contributed by atoms with Gasteiger partial charge in [0.25, 0.3) is 0 Å². The zero-order valence-electron chi connectivity index (χ0n) is 9.64. The molecule has 88 valence electrons. The van der Waals surface area contributed by atoms with Crippen LogP contribution in [0.4, 0.5) is 4.79 Å². The van der Waals surface area contributed by atoms with Crippen LogP contribution in [0.2, 0.25) is 0 Å². The average Bonchev–Trinajstić information content (AvgIpc) is 2.28. The molecule has 1 fully saturated rings. The molecular weight excluding hydrogens is 202 g/mol. The monoisotopic (exact) mass is 221 g/mol. The quantitative estimate of drug-likeness (QED) is 0.635. The van der Waals surface area contributed by atoms with Crippen molar-refractivity contribution < 1.29 is 4.79 Å². The van der Waals surface area contributed by atoms with Crippen LogP contribution in [0.1, 0.15) is 0 Å². The Balaban J connectivity index is 2.73. The van der Waals surface area contributed by atoms with Crippen LogP contribution < -0.4 is 0 Å². The summed E-state index contributed by atoms with van der Waals surface area (Å²) < 4.78 is 0. The van der Waals surface area contributed by atoms with Crippen LogP contribution in [0.5, 0.6) is 0 Å². The second-order valence-electron chi connectivity index (χ2n) is 3.59. The smallest absolute Gasteiger partial charge is 0.318 e. The van der Waals surface area contributed by atoms with Crippen molar-refractivity contribution in [3.8, 4) is 0 Å². The lowest BCUT2D eigenvalue weighted by Gasteiger charge is -2.42. The number of hydrazine groups is 1. The number of hydrogen-bond acceptors (Lipinski definition) is 2. The summed E-state index contributed by atoms with van der Waals surface area (Å²) in [7, 11) is 0. The topological polar surface area (TPSA) is 26.8 Å². The first kappa shape index (κ1) is 12.5. The van der Waals surface area contributed by atoms with Crippen molar-refractivity contribution in [2.75, 3.05) is 32.7 Å². The molecule has 0 aromatic heterocycles. The Hall–Kier alpha value is -1.55. The first-order valence-electron chi connectivity index (χ1n) is 5.38. The molecule has 0 aromatic carbocycles. The predicted octanol–water partition coefficient (Wildman–Crippen LogP) is 1.50. The van der Waals surface area contributed by atoms with E-state index in [1.54, 1.807) is 28.1 Å². The molecule has 0 saturated carbocycles. The van der Waals surface area contributed by atoms with Crippen LogP contribution in [-0.2, 0) is 0 Å². The zero-order chi connectivity index (χ0) is 12.0. The van der Waals surface area contributed by atoms with Gasteiger partial charge in [-0.05, 0) is 0 Å². The highest BCUT2D eigenvalue weighted by molar-refractivity contribution is 5.75. The van der Waals surface area contributed by atoms with Gasteiger partial charge in [0, 0.05) is 26.2 Å². The molecule has 2 amide bonds. The Morgan fingerprint density at radius 1 is 1.00 bits per heavy atom. The molecule has 4 nitrogen and oxygen atoms in total. The van der Waals surface area contributed by atoms with Crippen LogP contribution >= 0.6 is 0 Å². The van der Waals surface area contributed by atoms with E-state index in [1.807, 2.05) is 5.01 Å². The van der Waals surface area contributed by atoms with E-state index in [4.69, 9.17) is 0 Å². The lowest BCUT2D eigenvalue weighted by atomic mass is 10.4. The van der Waals surface area contributed by atoms with Crippen molar-refractivity contribution in [1.29, 1.82) is 0 Å². The van der Waals surface area contributed by atoms with Crippen molar-refractivity contribution in [2.24, 2.45) is 0 Å². The summed E-state index contributed by atoms with van der Waals surface area (Å²) in [5.74, 6) is 0. The average molecular weight is 221 g/mol. The maximum Gasteiger partial charge on any atom is 0.335 e. The van der Waals surface area contributed by atoms with Gasteiger partial charge in [0.15, 0.2) is 0 Å². The summed E-state index contributed by atoms with van der Waals surface area (Å²) in [4.78, 5) is 13.8. The Bertz CT molecular complexity index is 288. The highest BCUT2D eigenvalue weighted by atomic mass is 16.2. The third-order valence-electron chi connectivity index (χ3n) is 2.45. The number of rotatable bonds is 6. The highest BCUT2D eigenvalue weighted by Crippen LogP contribution is 2.11. The maximum absolute atomic E-state index is 12.1. The van der Waals surface area contributed by atoms with Crippen molar-refractivity contribution in [3.05, 3.63) is 38.0 Å². The molecule has 1 saturated heterocycles. The molecule has 4 heteroatoms. The molecule has 0 aromatic rings. The van der Waals surface area contributed by atoms with Gasteiger partial charge in [-0.2, -0.15) is 0 Å². The standard InChI is InChI=1S/C12H19N3O/c1-4-7-13-10-11-14(8-5-2)15(9-6-3)12(13)16/h4-6H,1-3,7-11H2. The first-order valence-corrected chi connectivity index (χ1v) is 5.38. The fourth-order valence-corrected chi connectivity index (χ4v) is 1.72. The van der Waals surface area contributed by atoms with Crippen LogP contribution in [0.3, 0.4) is 0 Å². The molecular formula is C12H19N3O. The molecule has 0 bridgehead atoms. The second-order valence-corrected chi connectivity index (χ2v) is 3.59.